The number of hydrogen-bond acceptors (Lipinski definition) is 11. The predicted octanol–water partition coefficient (Wildman–Crippen LogP) is 2.86. The molecule has 2 aromatic rings. The van der Waals surface area contributed by atoms with Crippen molar-refractivity contribution < 1.29 is 39.1 Å². The third-order valence-corrected chi connectivity index (χ3v) is 8.81. The van der Waals surface area contributed by atoms with E-state index in [2.05, 4.69) is 26.6 Å². The van der Waals surface area contributed by atoms with Gasteiger partial charge in [0.15, 0.2) is 5.82 Å². The standard InChI is InChI=1S/C39H56N8O9/c1-25(2)19-30(42-34(48)20-27-9-13-29(14-10-27)41-33(24-47(55)56)40-28-11-7-26(3)8-12-28)36(50)44-32(38(53)54)23-46-17-15-45(16-18-46)22-31(37(51)52)43-35(49)21-39(4,5)6/h7-14,24-25,30-32,40-41H,15-23H2,1-6H3,(H,42,48)(H,43,49)(H,44,50)(H,51,52)(H,53,54)/b33-24-. The predicted molar refractivity (Wildman–Crippen MR) is 211 cm³/mol. The first kappa shape index (κ1) is 44.8. The van der Waals surface area contributed by atoms with Crippen LogP contribution in [0.4, 0.5) is 11.4 Å². The molecule has 17 heteroatoms. The molecule has 0 bridgehead atoms. The van der Waals surface area contributed by atoms with Gasteiger partial charge in [-0.2, -0.15) is 0 Å². The van der Waals surface area contributed by atoms with Crippen LogP contribution in [0.1, 0.15) is 58.6 Å². The molecule has 0 saturated carbocycles. The topological polar surface area (TPSA) is 236 Å². The number of anilines is 2. The summed E-state index contributed by atoms with van der Waals surface area (Å²) in [6, 6.07) is 10.7. The first-order valence-electron chi connectivity index (χ1n) is 18.6. The Morgan fingerprint density at radius 3 is 1.68 bits per heavy atom. The molecule has 306 valence electrons. The quantitative estimate of drug-likeness (QED) is 0.0758. The lowest BCUT2D eigenvalue weighted by Crippen LogP contribution is -2.58. The van der Waals surface area contributed by atoms with Crippen molar-refractivity contribution in [3.05, 3.63) is 81.8 Å². The highest BCUT2D eigenvalue weighted by molar-refractivity contribution is 5.91. The molecule has 1 aliphatic heterocycles. The van der Waals surface area contributed by atoms with E-state index >= 15 is 0 Å². The summed E-state index contributed by atoms with van der Waals surface area (Å²) in [5, 5.41) is 44.8. The molecule has 7 N–H and O–H groups in total. The monoisotopic (exact) mass is 780 g/mol. The Bertz CT molecular complexity index is 1700. The minimum Gasteiger partial charge on any atom is -0.480 e. The van der Waals surface area contributed by atoms with Gasteiger partial charge in [-0.15, -0.1) is 0 Å². The van der Waals surface area contributed by atoms with Crippen molar-refractivity contribution >= 4 is 41.0 Å². The van der Waals surface area contributed by atoms with E-state index in [0.717, 1.165) is 11.8 Å². The molecule has 3 amide bonds. The molecule has 0 aromatic heterocycles. The molecule has 2 aromatic carbocycles. The van der Waals surface area contributed by atoms with Crippen molar-refractivity contribution in [1.29, 1.82) is 0 Å². The number of rotatable bonds is 20. The first-order chi connectivity index (χ1) is 26.3. The Labute approximate surface area is 327 Å². The maximum absolute atomic E-state index is 13.4. The van der Waals surface area contributed by atoms with Crippen LogP contribution in [0.15, 0.2) is 60.6 Å². The fourth-order valence-electron chi connectivity index (χ4n) is 6.03. The van der Waals surface area contributed by atoms with Crippen LogP contribution in [0.5, 0.6) is 0 Å². The number of hydrogen-bond donors (Lipinski definition) is 7. The van der Waals surface area contributed by atoms with Gasteiger partial charge in [0, 0.05) is 57.1 Å². The number of carbonyl (C=O) groups is 5. The van der Waals surface area contributed by atoms with Gasteiger partial charge in [0.1, 0.15) is 18.1 Å². The zero-order chi connectivity index (χ0) is 41.6. The molecule has 1 aliphatic rings. The summed E-state index contributed by atoms with van der Waals surface area (Å²) in [5.41, 5.74) is 2.55. The lowest BCUT2D eigenvalue weighted by Gasteiger charge is -2.37. The molecule has 0 spiro atoms. The maximum atomic E-state index is 13.4. The highest BCUT2D eigenvalue weighted by atomic mass is 16.6. The molecule has 17 nitrogen and oxygen atoms in total. The molecular weight excluding hydrogens is 724 g/mol. The normalized spacial score (nSPS) is 15.6. The fraction of sp³-hybridized carbons (Fsp3) is 0.513. The van der Waals surface area contributed by atoms with Crippen molar-refractivity contribution in [3.8, 4) is 0 Å². The SMILES string of the molecule is Cc1ccc(N/C(=C/[N+](=O)[O-])Nc2ccc(CC(=O)NC(CC(C)C)C(=O)NC(CN3CCN(CC(NC(=O)CC(C)(C)C)C(=O)O)CC3)C(=O)O)cc2)cc1. The van der Waals surface area contributed by atoms with E-state index in [9.17, 15) is 44.3 Å². The van der Waals surface area contributed by atoms with Crippen LogP contribution < -0.4 is 26.6 Å². The van der Waals surface area contributed by atoms with Gasteiger partial charge < -0.3 is 36.8 Å². The van der Waals surface area contributed by atoms with E-state index in [-0.39, 0.29) is 55.4 Å². The van der Waals surface area contributed by atoms with Crippen molar-refractivity contribution in [2.24, 2.45) is 11.3 Å². The molecule has 0 radical (unpaired) electrons. The lowest BCUT2D eigenvalue weighted by atomic mass is 9.92. The van der Waals surface area contributed by atoms with Crippen LogP contribution in [0, 0.1) is 28.4 Å². The van der Waals surface area contributed by atoms with E-state index in [1.54, 1.807) is 36.4 Å². The van der Waals surface area contributed by atoms with Crippen molar-refractivity contribution in [1.82, 2.24) is 25.8 Å². The summed E-state index contributed by atoms with van der Waals surface area (Å²) in [6.45, 7) is 13.2. The molecule has 1 heterocycles. The molecule has 3 unspecified atom stereocenters. The molecule has 0 aliphatic carbocycles. The van der Waals surface area contributed by atoms with Gasteiger partial charge >= 0.3 is 11.9 Å². The fourth-order valence-corrected chi connectivity index (χ4v) is 6.03. The van der Waals surface area contributed by atoms with Crippen LogP contribution in [-0.2, 0) is 30.4 Å². The maximum Gasteiger partial charge on any atom is 0.327 e. The zero-order valence-electron chi connectivity index (χ0n) is 33.0. The van der Waals surface area contributed by atoms with E-state index in [1.807, 2.05) is 63.5 Å². The van der Waals surface area contributed by atoms with E-state index in [0.29, 0.717) is 43.1 Å². The van der Waals surface area contributed by atoms with Crippen LogP contribution >= 0.6 is 0 Å². The second-order valence-electron chi connectivity index (χ2n) is 15.8. The summed E-state index contributed by atoms with van der Waals surface area (Å²) in [4.78, 5) is 77.5. The number of aliphatic carboxylic acids is 2. The zero-order valence-corrected chi connectivity index (χ0v) is 33.0. The summed E-state index contributed by atoms with van der Waals surface area (Å²) in [6.07, 6.45) is 1.19. The number of piperazine rings is 1. The largest absolute Gasteiger partial charge is 0.480 e. The average molecular weight is 781 g/mol. The summed E-state index contributed by atoms with van der Waals surface area (Å²) in [5.74, 6) is -3.65. The third kappa shape index (κ3) is 16.4. The Hall–Kier alpha value is -5.55. The second kappa shape index (κ2) is 20.9. The molecule has 1 saturated heterocycles. The number of carboxylic acid groups (broad SMARTS) is 2. The van der Waals surface area contributed by atoms with E-state index in [1.165, 1.54) is 0 Å². The molecule has 3 rings (SSSR count). The van der Waals surface area contributed by atoms with Gasteiger partial charge in [0.05, 0.1) is 11.3 Å². The Morgan fingerprint density at radius 1 is 0.768 bits per heavy atom. The number of benzene rings is 2. The summed E-state index contributed by atoms with van der Waals surface area (Å²) >= 11 is 0. The van der Waals surface area contributed by atoms with Gasteiger partial charge in [-0.3, -0.25) is 34.3 Å². The van der Waals surface area contributed by atoms with Crippen molar-refractivity contribution in [2.45, 2.75) is 78.9 Å². The minimum atomic E-state index is -1.26. The van der Waals surface area contributed by atoms with Gasteiger partial charge in [0.25, 0.3) is 6.20 Å². The summed E-state index contributed by atoms with van der Waals surface area (Å²) in [7, 11) is 0. The van der Waals surface area contributed by atoms with Crippen molar-refractivity contribution in [2.75, 3.05) is 49.9 Å². The number of nitrogens with zero attached hydrogens (tertiary/aromatic N) is 3. The number of nitro groups is 1. The van der Waals surface area contributed by atoms with E-state index < -0.39 is 46.8 Å². The smallest absolute Gasteiger partial charge is 0.327 e. The van der Waals surface area contributed by atoms with Gasteiger partial charge in [-0.1, -0.05) is 64.4 Å². The van der Waals surface area contributed by atoms with Crippen LogP contribution in [0.2, 0.25) is 0 Å². The van der Waals surface area contributed by atoms with Crippen molar-refractivity contribution in [3.63, 3.8) is 0 Å². The Kier molecular flexibility index (Phi) is 16.8. The first-order valence-corrected chi connectivity index (χ1v) is 18.6. The highest BCUT2D eigenvalue weighted by Crippen LogP contribution is 2.19. The van der Waals surface area contributed by atoms with Crippen LogP contribution in [0.3, 0.4) is 0 Å². The highest BCUT2D eigenvalue weighted by Gasteiger charge is 2.31. The van der Waals surface area contributed by atoms with Gasteiger partial charge in [-0.25, -0.2) is 9.59 Å². The second-order valence-corrected chi connectivity index (χ2v) is 15.8. The lowest BCUT2D eigenvalue weighted by molar-refractivity contribution is -0.403. The Morgan fingerprint density at radius 2 is 1.23 bits per heavy atom. The number of nitrogens with one attached hydrogen (secondary N) is 5. The average Bonchev–Trinajstić information content (AvgIpc) is 3.08. The van der Waals surface area contributed by atoms with Gasteiger partial charge in [-0.05, 0) is 54.5 Å². The Balaban J connectivity index is 1.55. The van der Waals surface area contributed by atoms with Crippen LogP contribution in [0.25, 0.3) is 0 Å². The molecule has 3 atom stereocenters. The molecular formula is C39H56N8O9. The number of carboxylic acids is 2. The number of carbonyl (C=O) groups excluding carboxylic acids is 3. The van der Waals surface area contributed by atoms with Crippen LogP contribution in [-0.4, -0.2) is 112 Å². The summed E-state index contributed by atoms with van der Waals surface area (Å²) < 4.78 is 0. The third-order valence-electron chi connectivity index (χ3n) is 8.81. The number of amides is 3. The molecule has 56 heavy (non-hydrogen) atoms. The number of aryl methyl sites for hydroxylation is 1. The van der Waals surface area contributed by atoms with E-state index in [4.69, 9.17) is 0 Å². The minimum absolute atomic E-state index is 0.00142. The van der Waals surface area contributed by atoms with Gasteiger partial charge in [0.2, 0.25) is 17.7 Å². The molecule has 1 fully saturated rings.